The smallest absolute Gasteiger partial charge is 0.0771 e. The molecule has 62 heavy (non-hydrogen) atoms. The van der Waals surface area contributed by atoms with Crippen LogP contribution >= 0.6 is 0 Å². The van der Waals surface area contributed by atoms with Gasteiger partial charge in [-0.15, -0.1) is 0 Å². The zero-order chi connectivity index (χ0) is 43.5. The van der Waals surface area contributed by atoms with Crippen molar-refractivity contribution in [1.29, 1.82) is 0 Å². The standard InChI is InChI=1S/C58H66N4/c1-10-19-35-47-51-39(11-2)41(13-4)53(59-51)48(36-29-23-20-24-30-36)55-43(15-6)45(17-8)57(61-55)50(38-33-27-22-28-34-38)58-46(18-9)44(16-7)56(62-58)49(37-31-25-21-26-32-37)54-42(14-5)40(12-3)52(47)60-54/h20-34,61-62H,10-19,35H2,1-9H3. The predicted molar refractivity (Wildman–Crippen MR) is 268 cm³/mol. The number of H-pyrrole nitrogens is 2. The fraction of sp³-hybridized carbons (Fsp3) is 0.345. The first-order valence-corrected chi connectivity index (χ1v) is 23.9. The summed E-state index contributed by atoms with van der Waals surface area (Å²) in [5, 5.41) is 0. The van der Waals surface area contributed by atoms with Gasteiger partial charge in [-0.1, -0.05) is 160 Å². The average Bonchev–Trinajstić information content (AvgIpc) is 4.08. The van der Waals surface area contributed by atoms with E-state index >= 15 is 0 Å². The van der Waals surface area contributed by atoms with Gasteiger partial charge < -0.3 is 9.97 Å². The molecule has 6 aromatic rings. The molecule has 2 aliphatic heterocycles. The second kappa shape index (κ2) is 18.7. The van der Waals surface area contributed by atoms with Crippen molar-refractivity contribution in [3.63, 3.8) is 0 Å². The summed E-state index contributed by atoms with van der Waals surface area (Å²) >= 11 is 0. The Morgan fingerprint density at radius 3 is 0.952 bits per heavy atom. The van der Waals surface area contributed by atoms with Crippen LogP contribution in [0.1, 0.15) is 151 Å². The number of nitrogens with one attached hydrogen (secondary N) is 2. The lowest BCUT2D eigenvalue weighted by molar-refractivity contribution is 0.786. The van der Waals surface area contributed by atoms with E-state index in [9.17, 15) is 0 Å². The molecule has 0 spiro atoms. The van der Waals surface area contributed by atoms with Gasteiger partial charge >= 0.3 is 0 Å². The Hall–Kier alpha value is -5.74. The second-order valence-electron chi connectivity index (χ2n) is 16.8. The number of hydrogen-bond donors (Lipinski definition) is 2. The van der Waals surface area contributed by atoms with Gasteiger partial charge in [0.25, 0.3) is 0 Å². The van der Waals surface area contributed by atoms with Crippen molar-refractivity contribution in [1.82, 2.24) is 19.9 Å². The van der Waals surface area contributed by atoms with E-state index in [-0.39, 0.29) is 0 Å². The van der Waals surface area contributed by atoms with Gasteiger partial charge in [-0.05, 0) is 125 Å². The van der Waals surface area contributed by atoms with Crippen LogP contribution in [0.25, 0.3) is 77.7 Å². The fourth-order valence-electron chi connectivity index (χ4n) is 10.8. The summed E-state index contributed by atoms with van der Waals surface area (Å²) in [5.74, 6) is 0. The van der Waals surface area contributed by atoms with Crippen LogP contribution < -0.4 is 0 Å². The number of fused-ring (bicyclic) bond motifs is 8. The third-order valence-corrected chi connectivity index (χ3v) is 13.6. The molecule has 4 nitrogen and oxygen atoms in total. The van der Waals surface area contributed by atoms with Crippen molar-refractivity contribution in [2.75, 3.05) is 0 Å². The molecule has 0 radical (unpaired) electrons. The highest BCUT2D eigenvalue weighted by Gasteiger charge is 2.31. The van der Waals surface area contributed by atoms with Crippen molar-refractivity contribution < 1.29 is 0 Å². The van der Waals surface area contributed by atoms with Crippen LogP contribution in [0.2, 0.25) is 0 Å². The number of nitrogens with zero attached hydrogens (tertiary/aromatic N) is 2. The molecule has 0 amide bonds. The normalized spacial score (nSPS) is 12.9. The summed E-state index contributed by atoms with van der Waals surface area (Å²) in [6.45, 7) is 20.9. The number of hydrogen-bond acceptors (Lipinski definition) is 2. The zero-order valence-electron chi connectivity index (χ0n) is 38.8. The first-order chi connectivity index (χ1) is 30.4. The number of allylic oxidation sites excluding steroid dienone is 4. The van der Waals surface area contributed by atoms with Crippen LogP contribution in [-0.2, 0) is 32.1 Å². The fourth-order valence-corrected chi connectivity index (χ4v) is 10.8. The molecular formula is C58H66N4. The highest BCUT2D eigenvalue weighted by atomic mass is 14.8. The van der Waals surface area contributed by atoms with Crippen molar-refractivity contribution in [2.24, 2.45) is 0 Å². The molecule has 3 aromatic carbocycles. The van der Waals surface area contributed by atoms with E-state index in [4.69, 9.17) is 9.97 Å². The summed E-state index contributed by atoms with van der Waals surface area (Å²) < 4.78 is 0. The minimum absolute atomic E-state index is 0.900. The van der Waals surface area contributed by atoms with Crippen LogP contribution in [0.15, 0.2) is 91.0 Å². The molecule has 0 saturated heterocycles. The molecule has 0 unspecified atom stereocenters. The SMILES string of the molecule is CCCCc1c2nc(c(-c3ccccc3)c3[nH]c(c(CC)c3CC)c(-c3ccccc3)c3[nH]c(c(CC)c3CC)c(-c3ccccc3)c3nc1C(CC)=C3CC)C(CC)=C2CC. The van der Waals surface area contributed by atoms with Gasteiger partial charge in [-0.25, -0.2) is 9.97 Å². The van der Waals surface area contributed by atoms with E-state index in [2.05, 4.69) is 163 Å². The third-order valence-electron chi connectivity index (χ3n) is 13.6. The number of benzene rings is 3. The lowest BCUT2D eigenvalue weighted by atomic mass is 9.89. The molecule has 2 N–H and O–H groups in total. The van der Waals surface area contributed by atoms with Gasteiger partial charge in [0.05, 0.1) is 44.8 Å². The topological polar surface area (TPSA) is 57.4 Å². The highest BCUT2D eigenvalue weighted by Crippen LogP contribution is 2.48. The first-order valence-electron chi connectivity index (χ1n) is 23.9. The van der Waals surface area contributed by atoms with Crippen molar-refractivity contribution >= 4 is 44.4 Å². The molecular weight excluding hydrogens is 753 g/mol. The van der Waals surface area contributed by atoms with E-state index in [1.54, 1.807) is 0 Å². The maximum atomic E-state index is 5.97. The number of aryl methyl sites for hydroxylation is 4. The molecule has 0 fully saturated rings. The molecule has 8 bridgehead atoms. The Morgan fingerprint density at radius 2 is 0.645 bits per heavy atom. The number of aromatic nitrogens is 4. The van der Waals surface area contributed by atoms with Crippen molar-refractivity contribution in [3.05, 3.63) is 142 Å². The van der Waals surface area contributed by atoms with E-state index < -0.39 is 0 Å². The molecule has 0 atom stereocenters. The molecule has 5 heterocycles. The van der Waals surface area contributed by atoms with Gasteiger partial charge in [0, 0.05) is 22.3 Å². The predicted octanol–water partition coefficient (Wildman–Crippen LogP) is 16.4. The lowest BCUT2D eigenvalue weighted by Crippen LogP contribution is -2.00. The number of aromatic amines is 2. The van der Waals surface area contributed by atoms with Crippen LogP contribution in [0.5, 0.6) is 0 Å². The summed E-state index contributed by atoms with van der Waals surface area (Å²) in [7, 11) is 0. The average molecular weight is 819 g/mol. The Bertz CT molecular complexity index is 2660. The summed E-state index contributed by atoms with van der Waals surface area (Å²) in [6, 6.07) is 33.3. The van der Waals surface area contributed by atoms with E-state index in [1.165, 1.54) is 106 Å². The third kappa shape index (κ3) is 7.20. The quantitative estimate of drug-likeness (QED) is 0.115. The number of rotatable bonds is 14. The molecule has 4 heteroatoms. The van der Waals surface area contributed by atoms with Crippen LogP contribution in [0.4, 0.5) is 0 Å². The van der Waals surface area contributed by atoms with Gasteiger partial charge in [0.2, 0.25) is 0 Å². The minimum Gasteiger partial charge on any atom is -0.354 e. The van der Waals surface area contributed by atoms with E-state index in [0.717, 1.165) is 93.4 Å². The molecule has 3 aromatic heterocycles. The lowest BCUT2D eigenvalue weighted by Gasteiger charge is -2.12. The Kier molecular flexibility index (Phi) is 13.0. The van der Waals surface area contributed by atoms with Crippen LogP contribution in [0.3, 0.4) is 0 Å². The van der Waals surface area contributed by atoms with Gasteiger partial charge in [-0.2, -0.15) is 0 Å². The molecule has 8 rings (SSSR count). The largest absolute Gasteiger partial charge is 0.354 e. The van der Waals surface area contributed by atoms with Crippen LogP contribution in [0, 0.1) is 0 Å². The number of unbranched alkanes of at least 4 members (excludes halogenated alkanes) is 1. The van der Waals surface area contributed by atoms with Gasteiger partial charge in [0.1, 0.15) is 0 Å². The Labute approximate surface area is 370 Å². The molecule has 0 saturated carbocycles. The first kappa shape index (κ1) is 42.9. The van der Waals surface area contributed by atoms with Crippen LogP contribution in [-0.4, -0.2) is 19.9 Å². The monoisotopic (exact) mass is 819 g/mol. The summed E-state index contributed by atoms with van der Waals surface area (Å²) in [6.07, 6.45) is 10.4. The maximum Gasteiger partial charge on any atom is 0.0771 e. The summed E-state index contributed by atoms with van der Waals surface area (Å²) in [4.78, 5) is 20.5. The van der Waals surface area contributed by atoms with Crippen molar-refractivity contribution in [2.45, 2.75) is 133 Å². The van der Waals surface area contributed by atoms with Crippen molar-refractivity contribution in [3.8, 4) is 33.4 Å². The molecule has 318 valence electrons. The Balaban J connectivity index is 1.80. The maximum absolute atomic E-state index is 5.97. The van der Waals surface area contributed by atoms with E-state index in [1.807, 2.05) is 0 Å². The Morgan fingerprint density at radius 1 is 0.339 bits per heavy atom. The second-order valence-corrected chi connectivity index (χ2v) is 16.8. The zero-order valence-corrected chi connectivity index (χ0v) is 38.8. The molecule has 2 aliphatic rings. The van der Waals surface area contributed by atoms with Gasteiger partial charge in [-0.3, -0.25) is 0 Å². The minimum atomic E-state index is 0.900. The highest BCUT2D eigenvalue weighted by molar-refractivity contribution is 6.07. The van der Waals surface area contributed by atoms with E-state index in [0.29, 0.717) is 0 Å². The summed E-state index contributed by atoms with van der Waals surface area (Å²) in [5.41, 5.74) is 28.8. The van der Waals surface area contributed by atoms with Gasteiger partial charge in [0.15, 0.2) is 0 Å². The molecule has 0 aliphatic carbocycles.